The predicted molar refractivity (Wildman–Crippen MR) is 95.6 cm³/mol. The molecule has 0 saturated carbocycles. The fraction of sp³-hybridized carbons (Fsp3) is 0.333. The molecule has 5 heteroatoms. The highest BCUT2D eigenvalue weighted by Gasteiger charge is 2.19. The number of hydrogen-bond donors (Lipinski definition) is 3. The van der Waals surface area contributed by atoms with Gasteiger partial charge in [0.05, 0.1) is 6.10 Å². The third-order valence-electron chi connectivity index (χ3n) is 4.25. The Balaban J connectivity index is 0.00000192. The van der Waals surface area contributed by atoms with Gasteiger partial charge >= 0.3 is 0 Å². The van der Waals surface area contributed by atoms with E-state index in [-0.39, 0.29) is 12.4 Å². The van der Waals surface area contributed by atoms with E-state index in [4.69, 9.17) is 11.6 Å². The van der Waals surface area contributed by atoms with Gasteiger partial charge in [-0.15, -0.1) is 12.4 Å². The number of hydrogen-bond acceptors (Lipinski definition) is 3. The summed E-state index contributed by atoms with van der Waals surface area (Å²) in [6.45, 7) is 0.499. The van der Waals surface area contributed by atoms with Crippen LogP contribution in [-0.2, 0) is 12.8 Å². The Labute approximate surface area is 147 Å². The molecule has 2 aromatic carbocycles. The highest BCUT2D eigenvalue weighted by molar-refractivity contribution is 6.30. The molecule has 0 aromatic heterocycles. The zero-order valence-corrected chi connectivity index (χ0v) is 14.3. The summed E-state index contributed by atoms with van der Waals surface area (Å²) < 4.78 is 0. The van der Waals surface area contributed by atoms with Gasteiger partial charge in [-0.25, -0.2) is 0 Å². The van der Waals surface area contributed by atoms with Crippen LogP contribution in [0.3, 0.4) is 0 Å². The first-order valence-electron chi connectivity index (χ1n) is 7.59. The molecule has 0 amide bonds. The molecule has 3 N–H and O–H groups in total. The van der Waals surface area contributed by atoms with Crippen molar-refractivity contribution in [1.82, 2.24) is 5.32 Å². The second-order valence-corrected chi connectivity index (χ2v) is 6.31. The maximum atomic E-state index is 10.3. The quantitative estimate of drug-likeness (QED) is 0.786. The third kappa shape index (κ3) is 4.61. The lowest BCUT2D eigenvalue weighted by atomic mass is 9.88. The molecule has 0 aliphatic heterocycles. The van der Waals surface area contributed by atoms with Crippen LogP contribution in [0.1, 0.15) is 29.2 Å². The molecule has 124 valence electrons. The second kappa shape index (κ2) is 8.02. The van der Waals surface area contributed by atoms with Crippen LogP contribution >= 0.6 is 24.0 Å². The van der Waals surface area contributed by atoms with Crippen molar-refractivity contribution in [1.29, 1.82) is 0 Å². The molecule has 3 rings (SSSR count). The maximum absolute atomic E-state index is 10.3. The molecular formula is C18H21Cl2NO2. The van der Waals surface area contributed by atoms with Crippen molar-refractivity contribution in [2.24, 2.45) is 0 Å². The molecule has 2 aromatic rings. The summed E-state index contributed by atoms with van der Waals surface area (Å²) in [5.41, 5.74) is 3.33. The lowest BCUT2D eigenvalue weighted by Crippen LogP contribution is -2.37. The molecule has 0 heterocycles. The molecule has 0 bridgehead atoms. The summed E-state index contributed by atoms with van der Waals surface area (Å²) in [5.74, 6) is 0.318. The Bertz CT molecular complexity index is 663. The van der Waals surface area contributed by atoms with Crippen LogP contribution in [0.15, 0.2) is 42.5 Å². The van der Waals surface area contributed by atoms with Gasteiger partial charge in [-0.05, 0) is 60.2 Å². The number of benzene rings is 2. The first-order valence-corrected chi connectivity index (χ1v) is 7.97. The van der Waals surface area contributed by atoms with Gasteiger partial charge in [-0.3, -0.25) is 0 Å². The Hall–Kier alpha value is -1.26. The minimum atomic E-state index is -0.565. The summed E-state index contributed by atoms with van der Waals surface area (Å²) >= 11 is 5.95. The SMILES string of the molecule is Cl.Oc1ccc2c(c1)C[C@@H](NC[C@H](O)c1cccc(Cl)c1)CC2. The Morgan fingerprint density at radius 1 is 1.17 bits per heavy atom. The number of rotatable bonds is 4. The lowest BCUT2D eigenvalue weighted by Gasteiger charge is -2.26. The number of phenolic OH excluding ortho intramolecular Hbond substituents is 1. The fourth-order valence-corrected chi connectivity index (χ4v) is 3.23. The van der Waals surface area contributed by atoms with Crippen molar-refractivity contribution in [3.63, 3.8) is 0 Å². The average Bonchev–Trinajstić information content (AvgIpc) is 2.52. The molecule has 1 aliphatic rings. The van der Waals surface area contributed by atoms with Crippen LogP contribution in [0.5, 0.6) is 5.75 Å². The fourth-order valence-electron chi connectivity index (χ4n) is 3.03. The molecule has 3 nitrogen and oxygen atoms in total. The second-order valence-electron chi connectivity index (χ2n) is 5.87. The van der Waals surface area contributed by atoms with E-state index in [9.17, 15) is 10.2 Å². The van der Waals surface area contributed by atoms with E-state index in [0.717, 1.165) is 24.8 Å². The number of aliphatic hydroxyl groups excluding tert-OH is 1. The minimum absolute atomic E-state index is 0. The van der Waals surface area contributed by atoms with E-state index in [1.807, 2.05) is 24.3 Å². The summed E-state index contributed by atoms with van der Waals surface area (Å²) in [7, 11) is 0. The van der Waals surface area contributed by atoms with Gasteiger partial charge in [0.2, 0.25) is 0 Å². The van der Waals surface area contributed by atoms with Crippen molar-refractivity contribution >= 4 is 24.0 Å². The first kappa shape index (κ1) is 18.1. The summed E-state index contributed by atoms with van der Waals surface area (Å²) in [5, 5.41) is 23.9. The Morgan fingerprint density at radius 3 is 2.78 bits per heavy atom. The number of halogens is 2. The molecule has 0 saturated heterocycles. The van der Waals surface area contributed by atoms with Crippen molar-refractivity contribution in [3.8, 4) is 5.75 Å². The van der Waals surface area contributed by atoms with Gasteiger partial charge in [0.25, 0.3) is 0 Å². The molecule has 0 fully saturated rings. The van der Waals surface area contributed by atoms with Crippen LogP contribution in [0.2, 0.25) is 5.02 Å². The smallest absolute Gasteiger partial charge is 0.115 e. The first-order chi connectivity index (χ1) is 10.6. The molecule has 0 spiro atoms. The summed E-state index contributed by atoms with van der Waals surface area (Å²) in [6.07, 6.45) is 2.36. The monoisotopic (exact) mass is 353 g/mol. The topological polar surface area (TPSA) is 52.5 Å². The molecule has 23 heavy (non-hydrogen) atoms. The van der Waals surface area contributed by atoms with Gasteiger partial charge in [-0.1, -0.05) is 29.8 Å². The largest absolute Gasteiger partial charge is 0.508 e. The summed E-state index contributed by atoms with van der Waals surface area (Å²) in [6, 6.07) is 13.2. The van der Waals surface area contributed by atoms with Gasteiger partial charge in [0.15, 0.2) is 0 Å². The van der Waals surface area contributed by atoms with Crippen LogP contribution in [0.25, 0.3) is 0 Å². The van der Waals surface area contributed by atoms with Crippen molar-refractivity contribution < 1.29 is 10.2 Å². The van der Waals surface area contributed by atoms with Crippen LogP contribution in [0.4, 0.5) is 0 Å². The third-order valence-corrected chi connectivity index (χ3v) is 4.49. The summed E-state index contributed by atoms with van der Waals surface area (Å²) in [4.78, 5) is 0. The van der Waals surface area contributed by atoms with Gasteiger partial charge in [-0.2, -0.15) is 0 Å². The molecule has 0 unspecified atom stereocenters. The average molecular weight is 354 g/mol. The number of fused-ring (bicyclic) bond motifs is 1. The predicted octanol–water partition coefficient (Wildman–Crippen LogP) is 3.65. The molecular weight excluding hydrogens is 333 g/mol. The Morgan fingerprint density at radius 2 is 2.00 bits per heavy atom. The number of aliphatic hydroxyl groups is 1. The van der Waals surface area contributed by atoms with Crippen molar-refractivity contribution in [2.75, 3.05) is 6.54 Å². The number of phenols is 1. The van der Waals surface area contributed by atoms with Crippen molar-refractivity contribution in [3.05, 3.63) is 64.2 Å². The van der Waals surface area contributed by atoms with Crippen molar-refractivity contribution in [2.45, 2.75) is 31.4 Å². The molecule has 0 radical (unpaired) electrons. The van der Waals surface area contributed by atoms with E-state index in [1.165, 1.54) is 11.1 Å². The van der Waals surface area contributed by atoms with Crippen LogP contribution in [-0.4, -0.2) is 22.8 Å². The van der Waals surface area contributed by atoms with E-state index < -0.39 is 6.10 Å². The van der Waals surface area contributed by atoms with Crippen LogP contribution < -0.4 is 5.32 Å². The van der Waals surface area contributed by atoms with Crippen LogP contribution in [0, 0.1) is 0 Å². The molecule has 1 aliphatic carbocycles. The lowest BCUT2D eigenvalue weighted by molar-refractivity contribution is 0.168. The van der Waals surface area contributed by atoms with E-state index in [0.29, 0.717) is 23.4 Å². The highest BCUT2D eigenvalue weighted by Crippen LogP contribution is 2.25. The number of nitrogens with one attached hydrogen (secondary N) is 1. The minimum Gasteiger partial charge on any atom is -0.508 e. The number of aromatic hydroxyl groups is 1. The zero-order chi connectivity index (χ0) is 15.5. The normalized spacial score (nSPS) is 17.9. The van der Waals surface area contributed by atoms with E-state index >= 15 is 0 Å². The van der Waals surface area contributed by atoms with Gasteiger partial charge < -0.3 is 15.5 Å². The Kier molecular flexibility index (Phi) is 6.31. The van der Waals surface area contributed by atoms with E-state index in [1.54, 1.807) is 18.2 Å². The maximum Gasteiger partial charge on any atom is 0.115 e. The van der Waals surface area contributed by atoms with Gasteiger partial charge in [0.1, 0.15) is 5.75 Å². The van der Waals surface area contributed by atoms with E-state index in [2.05, 4.69) is 5.32 Å². The molecule has 2 atom stereocenters. The highest BCUT2D eigenvalue weighted by atomic mass is 35.5. The van der Waals surface area contributed by atoms with Gasteiger partial charge in [0, 0.05) is 17.6 Å². The number of aryl methyl sites for hydroxylation is 1. The zero-order valence-electron chi connectivity index (χ0n) is 12.7. The standard InChI is InChI=1S/C18H20ClNO2.ClH/c19-15-3-1-2-13(8-15)18(22)11-20-16-6-4-12-5-7-17(21)10-14(12)9-16;/h1-3,5,7-8,10,16,18,20-22H,4,6,9,11H2;1H/t16-,18-;/m0./s1.